The minimum atomic E-state index is -0.454. The van der Waals surface area contributed by atoms with Crippen LogP contribution >= 0.6 is 11.8 Å². The number of carbonyl (C=O) groups excluding carboxylic acids is 2. The zero-order chi connectivity index (χ0) is 22.9. The Hall–Kier alpha value is -3.91. The SMILES string of the molecule is CC(NC(=O)c1ccccc1)c1nc(-c2ccc3c(c2)Sc2ccccc2C(=O)N3C)no1. The summed E-state index contributed by atoms with van der Waals surface area (Å²) in [6.07, 6.45) is 0. The molecule has 0 saturated carbocycles. The Kier molecular flexibility index (Phi) is 5.43. The molecule has 1 aromatic heterocycles. The molecule has 8 heteroatoms. The number of rotatable bonds is 4. The summed E-state index contributed by atoms with van der Waals surface area (Å²) >= 11 is 1.53. The van der Waals surface area contributed by atoms with Crippen molar-refractivity contribution in [3.8, 4) is 11.4 Å². The van der Waals surface area contributed by atoms with Crippen LogP contribution in [0.15, 0.2) is 87.1 Å². The van der Waals surface area contributed by atoms with E-state index in [0.717, 1.165) is 21.0 Å². The zero-order valence-corrected chi connectivity index (χ0v) is 18.8. The number of benzene rings is 3. The van der Waals surface area contributed by atoms with Crippen molar-refractivity contribution in [3.05, 3.63) is 89.8 Å². The fourth-order valence-electron chi connectivity index (χ4n) is 3.61. The summed E-state index contributed by atoms with van der Waals surface area (Å²) in [6, 6.07) is 21.8. The van der Waals surface area contributed by atoms with Crippen LogP contribution in [0.4, 0.5) is 5.69 Å². The van der Waals surface area contributed by atoms with Crippen molar-refractivity contribution in [1.82, 2.24) is 15.5 Å². The maximum absolute atomic E-state index is 12.9. The first-order chi connectivity index (χ1) is 16.0. The molecule has 5 rings (SSSR count). The van der Waals surface area contributed by atoms with E-state index in [4.69, 9.17) is 4.52 Å². The average molecular weight is 457 g/mol. The monoisotopic (exact) mass is 456 g/mol. The van der Waals surface area contributed by atoms with Crippen LogP contribution in [-0.4, -0.2) is 29.0 Å². The molecule has 1 N–H and O–H groups in total. The number of nitrogens with one attached hydrogen (secondary N) is 1. The van der Waals surface area contributed by atoms with Gasteiger partial charge in [0.1, 0.15) is 6.04 Å². The molecule has 0 radical (unpaired) electrons. The van der Waals surface area contributed by atoms with Gasteiger partial charge in [-0.1, -0.05) is 47.3 Å². The van der Waals surface area contributed by atoms with E-state index in [2.05, 4.69) is 15.5 Å². The Balaban J connectivity index is 1.40. The molecule has 3 aromatic carbocycles. The molecule has 0 bridgehead atoms. The van der Waals surface area contributed by atoms with E-state index in [-0.39, 0.29) is 11.8 Å². The highest BCUT2D eigenvalue weighted by atomic mass is 32.2. The van der Waals surface area contributed by atoms with Gasteiger partial charge < -0.3 is 14.7 Å². The first kappa shape index (κ1) is 21.0. The van der Waals surface area contributed by atoms with Crippen molar-refractivity contribution in [2.75, 3.05) is 11.9 Å². The molecule has 1 aliphatic heterocycles. The number of anilines is 1. The lowest BCUT2D eigenvalue weighted by atomic mass is 10.1. The van der Waals surface area contributed by atoms with Crippen LogP contribution in [0, 0.1) is 0 Å². The summed E-state index contributed by atoms with van der Waals surface area (Å²) in [4.78, 5) is 33.3. The van der Waals surface area contributed by atoms with E-state index >= 15 is 0 Å². The van der Waals surface area contributed by atoms with E-state index < -0.39 is 6.04 Å². The van der Waals surface area contributed by atoms with Crippen molar-refractivity contribution in [3.63, 3.8) is 0 Å². The number of carbonyl (C=O) groups is 2. The van der Waals surface area contributed by atoms with E-state index in [1.54, 1.807) is 31.0 Å². The molecule has 1 unspecified atom stereocenters. The minimum Gasteiger partial charge on any atom is -0.341 e. The lowest BCUT2D eigenvalue weighted by Gasteiger charge is -2.17. The predicted molar refractivity (Wildman–Crippen MR) is 125 cm³/mol. The van der Waals surface area contributed by atoms with Gasteiger partial charge in [-0.15, -0.1) is 0 Å². The van der Waals surface area contributed by atoms with Gasteiger partial charge in [0.25, 0.3) is 11.8 Å². The molecule has 2 amide bonds. The standard InChI is InChI=1S/C25H20N4O3S/c1-15(26-23(30)16-8-4-3-5-9-16)24-27-22(28-32-24)17-12-13-19-21(14-17)33-20-11-7-6-10-18(20)25(31)29(19)2/h3-15H,1-2H3,(H,26,30). The van der Waals surface area contributed by atoms with Crippen molar-refractivity contribution >= 4 is 29.3 Å². The highest BCUT2D eigenvalue weighted by Crippen LogP contribution is 2.42. The molecule has 0 spiro atoms. The van der Waals surface area contributed by atoms with E-state index in [0.29, 0.717) is 22.8 Å². The van der Waals surface area contributed by atoms with Crippen molar-refractivity contribution in [2.45, 2.75) is 22.8 Å². The first-order valence-corrected chi connectivity index (χ1v) is 11.2. The zero-order valence-electron chi connectivity index (χ0n) is 18.0. The number of aromatic nitrogens is 2. The topological polar surface area (TPSA) is 88.3 Å². The summed E-state index contributed by atoms with van der Waals surface area (Å²) in [5, 5.41) is 6.98. The summed E-state index contributed by atoms with van der Waals surface area (Å²) in [6.45, 7) is 1.79. The largest absolute Gasteiger partial charge is 0.341 e. The third-order valence-electron chi connectivity index (χ3n) is 5.42. The molecular weight excluding hydrogens is 436 g/mol. The fourth-order valence-corrected chi connectivity index (χ4v) is 4.76. The molecule has 7 nitrogen and oxygen atoms in total. The van der Waals surface area contributed by atoms with Crippen LogP contribution in [0.25, 0.3) is 11.4 Å². The van der Waals surface area contributed by atoms with Crippen LogP contribution in [0.2, 0.25) is 0 Å². The molecule has 0 aliphatic carbocycles. The summed E-state index contributed by atoms with van der Waals surface area (Å²) < 4.78 is 5.43. The highest BCUT2D eigenvalue weighted by Gasteiger charge is 2.25. The first-order valence-electron chi connectivity index (χ1n) is 10.4. The summed E-state index contributed by atoms with van der Waals surface area (Å²) in [5.41, 5.74) is 2.81. The molecule has 2 heterocycles. The van der Waals surface area contributed by atoms with Gasteiger partial charge >= 0.3 is 0 Å². The molecular formula is C25H20N4O3S. The molecule has 33 heavy (non-hydrogen) atoms. The Labute approximate surface area is 194 Å². The Bertz CT molecular complexity index is 1350. The van der Waals surface area contributed by atoms with Crippen LogP contribution < -0.4 is 10.2 Å². The highest BCUT2D eigenvalue weighted by molar-refractivity contribution is 7.99. The maximum Gasteiger partial charge on any atom is 0.259 e. The normalized spacial score (nSPS) is 13.6. The van der Waals surface area contributed by atoms with Gasteiger partial charge in [-0.3, -0.25) is 9.59 Å². The maximum atomic E-state index is 12.9. The molecule has 164 valence electrons. The van der Waals surface area contributed by atoms with Gasteiger partial charge in [0.2, 0.25) is 11.7 Å². The Morgan fingerprint density at radius 3 is 2.61 bits per heavy atom. The third kappa shape index (κ3) is 4.01. The Morgan fingerprint density at radius 2 is 1.79 bits per heavy atom. The molecule has 1 aliphatic rings. The van der Waals surface area contributed by atoms with Crippen LogP contribution in [0.5, 0.6) is 0 Å². The smallest absolute Gasteiger partial charge is 0.259 e. The van der Waals surface area contributed by atoms with Gasteiger partial charge in [0.15, 0.2) is 0 Å². The van der Waals surface area contributed by atoms with Gasteiger partial charge in [-0.05, 0) is 49.4 Å². The van der Waals surface area contributed by atoms with Gasteiger partial charge in [-0.2, -0.15) is 4.98 Å². The van der Waals surface area contributed by atoms with Crippen LogP contribution in [-0.2, 0) is 0 Å². The predicted octanol–water partition coefficient (Wildman–Crippen LogP) is 4.97. The van der Waals surface area contributed by atoms with Crippen LogP contribution in [0.1, 0.15) is 39.6 Å². The molecule has 0 saturated heterocycles. The molecule has 4 aromatic rings. The van der Waals surface area contributed by atoms with E-state index in [1.807, 2.05) is 60.7 Å². The second-order valence-corrected chi connectivity index (χ2v) is 8.75. The van der Waals surface area contributed by atoms with Crippen molar-refractivity contribution in [1.29, 1.82) is 0 Å². The fraction of sp³-hybridized carbons (Fsp3) is 0.120. The van der Waals surface area contributed by atoms with Crippen molar-refractivity contribution < 1.29 is 14.1 Å². The van der Waals surface area contributed by atoms with Crippen molar-refractivity contribution in [2.24, 2.45) is 0 Å². The lowest BCUT2D eigenvalue weighted by molar-refractivity contribution is 0.0931. The van der Waals surface area contributed by atoms with E-state index in [9.17, 15) is 9.59 Å². The molecule has 0 fully saturated rings. The third-order valence-corrected chi connectivity index (χ3v) is 6.54. The number of fused-ring (bicyclic) bond motifs is 2. The number of hydrogen-bond acceptors (Lipinski definition) is 6. The average Bonchev–Trinajstić information content (AvgIpc) is 3.31. The molecule has 1 atom stereocenters. The Morgan fingerprint density at radius 1 is 1.03 bits per heavy atom. The van der Waals surface area contributed by atoms with Gasteiger partial charge in [0.05, 0.1) is 11.3 Å². The number of hydrogen-bond donors (Lipinski definition) is 1. The van der Waals surface area contributed by atoms with Gasteiger partial charge in [0, 0.05) is 28.0 Å². The van der Waals surface area contributed by atoms with Crippen LogP contribution in [0.3, 0.4) is 0 Å². The lowest BCUT2D eigenvalue weighted by Crippen LogP contribution is -2.26. The number of nitrogens with zero attached hydrogens (tertiary/aromatic N) is 3. The second-order valence-electron chi connectivity index (χ2n) is 7.66. The van der Waals surface area contributed by atoms with Gasteiger partial charge in [-0.25, -0.2) is 0 Å². The van der Waals surface area contributed by atoms with E-state index in [1.165, 1.54) is 11.8 Å². The second kappa shape index (κ2) is 8.55. The summed E-state index contributed by atoms with van der Waals surface area (Å²) in [7, 11) is 1.77. The number of amides is 2. The minimum absolute atomic E-state index is 0.0468. The summed E-state index contributed by atoms with van der Waals surface area (Å²) in [5.74, 6) is 0.473. The quantitative estimate of drug-likeness (QED) is 0.467.